The van der Waals surface area contributed by atoms with Crippen molar-refractivity contribution in [3.63, 3.8) is 0 Å². The smallest absolute Gasteiger partial charge is 0.267 e. The van der Waals surface area contributed by atoms with Gasteiger partial charge in [0.1, 0.15) is 5.75 Å². The van der Waals surface area contributed by atoms with Crippen molar-refractivity contribution in [3.05, 3.63) is 93.3 Å². The fourth-order valence-corrected chi connectivity index (χ4v) is 5.32. The van der Waals surface area contributed by atoms with E-state index in [4.69, 9.17) is 4.74 Å². The van der Waals surface area contributed by atoms with Gasteiger partial charge in [0.2, 0.25) is 5.78 Å². The molecule has 36 heavy (non-hydrogen) atoms. The Kier molecular flexibility index (Phi) is 6.14. The number of benzene rings is 3. The Hall–Kier alpha value is -3.91. The molecule has 1 unspecified atom stereocenters. The predicted octanol–water partition coefficient (Wildman–Crippen LogP) is 5.33. The van der Waals surface area contributed by atoms with E-state index in [0.29, 0.717) is 38.8 Å². The summed E-state index contributed by atoms with van der Waals surface area (Å²) in [5.74, 6) is 1.03. The Balaban J connectivity index is 1.65. The van der Waals surface area contributed by atoms with Crippen molar-refractivity contribution in [1.82, 2.24) is 19.2 Å². The average Bonchev–Trinajstić information content (AvgIpc) is 3.29. The van der Waals surface area contributed by atoms with Crippen LogP contribution in [-0.4, -0.2) is 37.3 Å². The van der Waals surface area contributed by atoms with Gasteiger partial charge >= 0.3 is 0 Å². The number of aromatic nitrogens is 4. The molecule has 2 heterocycles. The zero-order valence-electron chi connectivity index (χ0n) is 20.8. The van der Waals surface area contributed by atoms with Crippen molar-refractivity contribution in [2.75, 3.05) is 7.11 Å². The first-order valence-corrected chi connectivity index (χ1v) is 12.5. The van der Waals surface area contributed by atoms with E-state index in [0.717, 1.165) is 16.7 Å². The van der Waals surface area contributed by atoms with Gasteiger partial charge in [-0.15, -0.1) is 10.2 Å². The van der Waals surface area contributed by atoms with Crippen molar-refractivity contribution in [2.45, 2.75) is 38.1 Å². The van der Waals surface area contributed by atoms with Gasteiger partial charge in [0.25, 0.3) is 5.56 Å². The summed E-state index contributed by atoms with van der Waals surface area (Å²) >= 11 is 1.33. The molecule has 182 valence electrons. The number of hydrogen-bond acceptors (Lipinski definition) is 6. The number of methoxy groups -OCH3 is 1. The molecule has 7 nitrogen and oxygen atoms in total. The fourth-order valence-electron chi connectivity index (χ4n) is 4.39. The number of ketones is 1. The quantitative estimate of drug-likeness (QED) is 0.233. The number of carbonyl (C=O) groups excluding carboxylic acids is 1. The van der Waals surface area contributed by atoms with Crippen molar-refractivity contribution in [3.8, 4) is 11.4 Å². The Morgan fingerprint density at radius 3 is 2.47 bits per heavy atom. The first-order chi connectivity index (χ1) is 17.3. The van der Waals surface area contributed by atoms with Gasteiger partial charge in [-0.2, -0.15) is 0 Å². The van der Waals surface area contributed by atoms with Crippen LogP contribution in [0.5, 0.6) is 5.75 Å². The van der Waals surface area contributed by atoms with E-state index >= 15 is 0 Å². The minimum Gasteiger partial charge on any atom is -0.497 e. The van der Waals surface area contributed by atoms with Gasteiger partial charge in [-0.3, -0.25) is 14.0 Å². The van der Waals surface area contributed by atoms with Crippen LogP contribution in [0.3, 0.4) is 0 Å². The van der Waals surface area contributed by atoms with Gasteiger partial charge in [0.15, 0.2) is 10.9 Å². The molecular formula is C28H26N4O3S. The number of rotatable bonds is 6. The zero-order valence-corrected chi connectivity index (χ0v) is 21.6. The molecule has 0 N–H and O–H groups in total. The van der Waals surface area contributed by atoms with Gasteiger partial charge in [-0.25, -0.2) is 4.57 Å². The summed E-state index contributed by atoms with van der Waals surface area (Å²) in [6.45, 7) is 7.90. The maximum atomic E-state index is 13.5. The van der Waals surface area contributed by atoms with Crippen LogP contribution < -0.4 is 10.3 Å². The highest BCUT2D eigenvalue weighted by atomic mass is 32.2. The van der Waals surface area contributed by atoms with Crippen molar-refractivity contribution in [1.29, 1.82) is 0 Å². The van der Waals surface area contributed by atoms with E-state index in [2.05, 4.69) is 10.2 Å². The lowest BCUT2D eigenvalue weighted by molar-refractivity contribution is 0.0993. The molecule has 0 spiro atoms. The second-order valence-electron chi connectivity index (χ2n) is 8.85. The monoisotopic (exact) mass is 498 g/mol. The number of hydrogen-bond donors (Lipinski definition) is 0. The lowest BCUT2D eigenvalue weighted by Crippen LogP contribution is -2.22. The molecule has 0 bridgehead atoms. The van der Waals surface area contributed by atoms with Gasteiger partial charge in [-0.05, 0) is 74.7 Å². The van der Waals surface area contributed by atoms with E-state index < -0.39 is 5.25 Å². The van der Waals surface area contributed by atoms with Crippen LogP contribution in [-0.2, 0) is 0 Å². The lowest BCUT2D eigenvalue weighted by atomic mass is 9.97. The summed E-state index contributed by atoms with van der Waals surface area (Å²) in [6.07, 6.45) is 0. The molecule has 0 aliphatic rings. The molecule has 3 aromatic carbocycles. The summed E-state index contributed by atoms with van der Waals surface area (Å²) in [6, 6.07) is 18.6. The number of para-hydroxylation sites is 1. The van der Waals surface area contributed by atoms with Gasteiger partial charge in [0.05, 0.1) is 29.0 Å². The van der Waals surface area contributed by atoms with E-state index in [9.17, 15) is 9.59 Å². The SMILES string of the molecule is COc1cccc(-n2c(=O)c3ccccc3n3c(SC(C)C(=O)c4cc(C)c(C)cc4C)nnc23)c1. The number of nitrogens with zero attached hydrogens (tertiary/aromatic N) is 4. The molecule has 0 saturated heterocycles. The Labute approximate surface area is 212 Å². The second-order valence-corrected chi connectivity index (χ2v) is 10.2. The zero-order chi connectivity index (χ0) is 25.6. The predicted molar refractivity (Wildman–Crippen MR) is 143 cm³/mol. The average molecular weight is 499 g/mol. The summed E-state index contributed by atoms with van der Waals surface area (Å²) in [5, 5.41) is 9.47. The van der Waals surface area contributed by atoms with E-state index in [1.54, 1.807) is 19.2 Å². The molecule has 5 rings (SSSR count). The molecule has 5 aromatic rings. The van der Waals surface area contributed by atoms with E-state index in [-0.39, 0.29) is 11.3 Å². The highest BCUT2D eigenvalue weighted by Gasteiger charge is 2.24. The van der Waals surface area contributed by atoms with Crippen LogP contribution in [0.4, 0.5) is 0 Å². The summed E-state index contributed by atoms with van der Waals surface area (Å²) in [5.41, 5.74) is 5.02. The highest BCUT2D eigenvalue weighted by molar-refractivity contribution is 8.00. The standard InChI is InChI=1S/C28H26N4O3S/c1-16-13-18(3)23(14-17(16)2)25(33)19(4)36-28-30-29-27-31(20-9-8-10-21(15-20)35-5)26(34)22-11-6-7-12-24(22)32(27)28/h6-15,19H,1-5H3. The third kappa shape index (κ3) is 3.97. The Morgan fingerprint density at radius 1 is 0.944 bits per heavy atom. The van der Waals surface area contributed by atoms with Crippen molar-refractivity contribution < 1.29 is 9.53 Å². The van der Waals surface area contributed by atoms with Gasteiger partial charge in [0, 0.05) is 11.6 Å². The molecule has 1 atom stereocenters. The first kappa shape index (κ1) is 23.8. The number of carbonyl (C=O) groups is 1. The van der Waals surface area contributed by atoms with Crippen LogP contribution in [0.1, 0.15) is 34.0 Å². The van der Waals surface area contributed by atoms with Crippen LogP contribution in [0, 0.1) is 20.8 Å². The maximum Gasteiger partial charge on any atom is 0.267 e. The molecule has 0 radical (unpaired) electrons. The summed E-state index contributed by atoms with van der Waals surface area (Å²) in [7, 11) is 1.58. The minimum atomic E-state index is -0.408. The Morgan fingerprint density at radius 2 is 1.69 bits per heavy atom. The molecular weight excluding hydrogens is 472 g/mol. The first-order valence-electron chi connectivity index (χ1n) is 11.6. The second kappa shape index (κ2) is 9.28. The molecule has 0 amide bonds. The number of ether oxygens (including phenoxy) is 1. The molecule has 8 heteroatoms. The molecule has 2 aromatic heterocycles. The highest BCUT2D eigenvalue weighted by Crippen LogP contribution is 2.29. The largest absolute Gasteiger partial charge is 0.497 e. The van der Waals surface area contributed by atoms with Gasteiger partial charge < -0.3 is 4.74 Å². The molecule has 0 fully saturated rings. The molecule has 0 saturated carbocycles. The van der Waals surface area contributed by atoms with Crippen molar-refractivity contribution in [2.24, 2.45) is 0 Å². The molecule has 0 aliphatic heterocycles. The Bertz CT molecular complexity index is 1700. The normalized spacial score (nSPS) is 12.2. The summed E-state index contributed by atoms with van der Waals surface area (Å²) in [4.78, 5) is 27.0. The minimum absolute atomic E-state index is 0.0303. The fraction of sp³-hybridized carbons (Fsp3) is 0.214. The number of fused-ring (bicyclic) bond motifs is 3. The number of aryl methyl sites for hydroxylation is 3. The topological polar surface area (TPSA) is 78.5 Å². The van der Waals surface area contributed by atoms with Crippen molar-refractivity contribution >= 4 is 34.2 Å². The van der Waals surface area contributed by atoms with Crippen LogP contribution in [0.25, 0.3) is 22.4 Å². The number of Topliss-reactive ketones (excluding diaryl/α,β-unsaturated/α-hetero) is 1. The van der Waals surface area contributed by atoms with Crippen LogP contribution >= 0.6 is 11.8 Å². The van der Waals surface area contributed by atoms with Crippen LogP contribution in [0.2, 0.25) is 0 Å². The summed E-state index contributed by atoms with van der Waals surface area (Å²) < 4.78 is 8.74. The van der Waals surface area contributed by atoms with Crippen LogP contribution in [0.15, 0.2) is 70.6 Å². The maximum absolute atomic E-state index is 13.5. The third-order valence-corrected chi connectivity index (χ3v) is 7.51. The molecule has 0 aliphatic carbocycles. The number of thioether (sulfide) groups is 1. The third-order valence-electron chi connectivity index (χ3n) is 6.46. The van der Waals surface area contributed by atoms with E-state index in [1.165, 1.54) is 16.3 Å². The lowest BCUT2D eigenvalue weighted by Gasteiger charge is -2.15. The van der Waals surface area contributed by atoms with E-state index in [1.807, 2.05) is 80.6 Å². The van der Waals surface area contributed by atoms with Gasteiger partial charge in [-0.1, -0.05) is 36.0 Å².